The Hall–Kier alpha value is -0.770. The minimum Gasteiger partial charge on any atom is -0.453 e. The topological polar surface area (TPSA) is 38.8 Å². The van der Waals surface area contributed by atoms with E-state index in [1.165, 1.54) is 7.11 Å². The number of ether oxygens (including phenoxy) is 2. The fourth-order valence-corrected chi connectivity index (χ4v) is 1.07. The molecule has 1 unspecified atom stereocenters. The summed E-state index contributed by atoms with van der Waals surface area (Å²) in [6, 6.07) is 0.0625. The second-order valence-corrected chi connectivity index (χ2v) is 2.56. The lowest BCUT2D eigenvalue weighted by atomic mass is 10.3. The van der Waals surface area contributed by atoms with Crippen LogP contribution in [0.1, 0.15) is 13.8 Å². The SMILES string of the molecule is CCN(C(=O)OC)C(C)COC. The van der Waals surface area contributed by atoms with Crippen LogP contribution in [0.15, 0.2) is 0 Å². The summed E-state index contributed by atoms with van der Waals surface area (Å²) in [5, 5.41) is 0. The quantitative estimate of drug-likeness (QED) is 0.642. The number of likely N-dealkylation sites (N-methyl/N-ethyl adjacent to an activating group) is 1. The third kappa shape index (κ3) is 3.09. The van der Waals surface area contributed by atoms with Crippen molar-refractivity contribution in [3.63, 3.8) is 0 Å². The summed E-state index contributed by atoms with van der Waals surface area (Å²) in [7, 11) is 2.99. The van der Waals surface area contributed by atoms with Gasteiger partial charge in [0.25, 0.3) is 0 Å². The van der Waals surface area contributed by atoms with Crippen LogP contribution in [0.3, 0.4) is 0 Å². The average Bonchev–Trinajstić information content (AvgIpc) is 2.06. The largest absolute Gasteiger partial charge is 0.453 e. The summed E-state index contributed by atoms with van der Waals surface area (Å²) in [6.45, 7) is 4.99. The minimum absolute atomic E-state index is 0.0625. The van der Waals surface area contributed by atoms with Crippen molar-refractivity contribution in [1.29, 1.82) is 0 Å². The Morgan fingerprint density at radius 1 is 1.50 bits per heavy atom. The maximum atomic E-state index is 11.1. The van der Waals surface area contributed by atoms with Gasteiger partial charge in [-0.25, -0.2) is 4.79 Å². The first-order valence-electron chi connectivity index (χ1n) is 4.00. The van der Waals surface area contributed by atoms with Crippen molar-refractivity contribution in [1.82, 2.24) is 4.90 Å². The molecule has 0 fully saturated rings. The number of methoxy groups -OCH3 is 2. The highest BCUT2D eigenvalue weighted by Gasteiger charge is 2.17. The van der Waals surface area contributed by atoms with Gasteiger partial charge in [-0.2, -0.15) is 0 Å². The van der Waals surface area contributed by atoms with Crippen LogP contribution in [0.2, 0.25) is 0 Å². The molecule has 0 aliphatic rings. The summed E-state index contributed by atoms with van der Waals surface area (Å²) < 4.78 is 9.53. The minimum atomic E-state index is -0.304. The smallest absolute Gasteiger partial charge is 0.409 e. The van der Waals surface area contributed by atoms with E-state index in [0.717, 1.165) is 0 Å². The number of carbonyl (C=O) groups excluding carboxylic acids is 1. The predicted molar refractivity (Wildman–Crippen MR) is 46.1 cm³/mol. The van der Waals surface area contributed by atoms with Gasteiger partial charge in [0.05, 0.1) is 19.8 Å². The molecule has 0 aliphatic carbocycles. The number of hydrogen-bond acceptors (Lipinski definition) is 3. The molecule has 0 spiro atoms. The highest BCUT2D eigenvalue weighted by molar-refractivity contribution is 5.67. The molecule has 72 valence electrons. The van der Waals surface area contributed by atoms with Crippen molar-refractivity contribution in [2.45, 2.75) is 19.9 Å². The zero-order valence-corrected chi connectivity index (χ0v) is 8.16. The molecule has 1 amide bonds. The van der Waals surface area contributed by atoms with Crippen molar-refractivity contribution in [2.75, 3.05) is 27.4 Å². The fraction of sp³-hybridized carbons (Fsp3) is 0.875. The van der Waals surface area contributed by atoms with E-state index in [-0.39, 0.29) is 12.1 Å². The zero-order chi connectivity index (χ0) is 9.56. The molecule has 0 radical (unpaired) electrons. The molecule has 4 heteroatoms. The van der Waals surface area contributed by atoms with E-state index in [1.807, 2.05) is 13.8 Å². The van der Waals surface area contributed by atoms with Gasteiger partial charge in [0.1, 0.15) is 0 Å². The Bertz CT molecular complexity index is 138. The van der Waals surface area contributed by atoms with Crippen molar-refractivity contribution in [3.05, 3.63) is 0 Å². The van der Waals surface area contributed by atoms with Crippen LogP contribution in [0, 0.1) is 0 Å². The van der Waals surface area contributed by atoms with Gasteiger partial charge in [0.2, 0.25) is 0 Å². The van der Waals surface area contributed by atoms with E-state index < -0.39 is 0 Å². The molecule has 0 aliphatic heterocycles. The number of rotatable bonds is 4. The lowest BCUT2D eigenvalue weighted by Gasteiger charge is -2.25. The monoisotopic (exact) mass is 175 g/mol. The predicted octanol–water partition coefficient (Wildman–Crippen LogP) is 1.11. The molecule has 0 N–H and O–H groups in total. The van der Waals surface area contributed by atoms with Gasteiger partial charge >= 0.3 is 6.09 Å². The van der Waals surface area contributed by atoms with Gasteiger partial charge in [-0.05, 0) is 13.8 Å². The third-order valence-corrected chi connectivity index (χ3v) is 1.69. The highest BCUT2D eigenvalue weighted by atomic mass is 16.5. The van der Waals surface area contributed by atoms with E-state index in [1.54, 1.807) is 12.0 Å². The summed E-state index contributed by atoms with van der Waals surface area (Å²) in [5.41, 5.74) is 0. The van der Waals surface area contributed by atoms with E-state index in [4.69, 9.17) is 4.74 Å². The molecule has 0 rings (SSSR count). The Morgan fingerprint density at radius 2 is 2.08 bits per heavy atom. The first-order valence-corrected chi connectivity index (χ1v) is 4.00. The maximum Gasteiger partial charge on any atom is 0.409 e. The molecule has 4 nitrogen and oxygen atoms in total. The first-order chi connectivity index (χ1) is 5.67. The lowest BCUT2D eigenvalue weighted by molar-refractivity contribution is 0.0778. The van der Waals surface area contributed by atoms with Gasteiger partial charge in [-0.15, -0.1) is 0 Å². The maximum absolute atomic E-state index is 11.1. The van der Waals surface area contributed by atoms with Crippen LogP contribution in [0.25, 0.3) is 0 Å². The lowest BCUT2D eigenvalue weighted by Crippen LogP contribution is -2.40. The summed E-state index contributed by atoms with van der Waals surface area (Å²) in [6.07, 6.45) is -0.304. The Kier molecular flexibility index (Phi) is 5.45. The molecule has 12 heavy (non-hydrogen) atoms. The average molecular weight is 175 g/mol. The van der Waals surface area contributed by atoms with Gasteiger partial charge in [-0.1, -0.05) is 0 Å². The van der Waals surface area contributed by atoms with Crippen LogP contribution in [0.5, 0.6) is 0 Å². The van der Waals surface area contributed by atoms with E-state index in [9.17, 15) is 4.79 Å². The molecule has 0 bridgehead atoms. The first kappa shape index (κ1) is 11.2. The van der Waals surface area contributed by atoms with Gasteiger partial charge in [0.15, 0.2) is 0 Å². The molecule has 0 aromatic heterocycles. The van der Waals surface area contributed by atoms with E-state index in [2.05, 4.69) is 4.74 Å². The van der Waals surface area contributed by atoms with Gasteiger partial charge < -0.3 is 14.4 Å². The molecule has 1 atom stereocenters. The Balaban J connectivity index is 4.03. The van der Waals surface area contributed by atoms with Crippen LogP contribution < -0.4 is 0 Å². The van der Waals surface area contributed by atoms with E-state index in [0.29, 0.717) is 13.2 Å². The second kappa shape index (κ2) is 5.83. The fourth-order valence-electron chi connectivity index (χ4n) is 1.07. The molecule has 0 heterocycles. The zero-order valence-electron chi connectivity index (χ0n) is 8.16. The number of hydrogen-bond donors (Lipinski definition) is 0. The highest BCUT2D eigenvalue weighted by Crippen LogP contribution is 2.01. The number of amides is 1. The molecular weight excluding hydrogens is 158 g/mol. The molecule has 0 aromatic carbocycles. The van der Waals surface area contributed by atoms with E-state index >= 15 is 0 Å². The molecule has 0 saturated heterocycles. The van der Waals surface area contributed by atoms with Crippen LogP contribution >= 0.6 is 0 Å². The molecule has 0 aromatic rings. The van der Waals surface area contributed by atoms with Crippen LogP contribution in [-0.2, 0) is 9.47 Å². The molecular formula is C8H17NO3. The summed E-state index contributed by atoms with van der Waals surface area (Å²) in [4.78, 5) is 12.7. The van der Waals surface area contributed by atoms with Crippen molar-refractivity contribution in [3.8, 4) is 0 Å². The normalized spacial score (nSPS) is 12.3. The number of nitrogens with zero attached hydrogens (tertiary/aromatic N) is 1. The van der Waals surface area contributed by atoms with Crippen molar-refractivity contribution in [2.24, 2.45) is 0 Å². The van der Waals surface area contributed by atoms with Crippen molar-refractivity contribution >= 4 is 6.09 Å². The number of carbonyl (C=O) groups is 1. The Labute approximate surface area is 73.4 Å². The van der Waals surface area contributed by atoms with Crippen LogP contribution in [0.4, 0.5) is 4.79 Å². The third-order valence-electron chi connectivity index (χ3n) is 1.69. The molecule has 0 saturated carbocycles. The van der Waals surface area contributed by atoms with Gasteiger partial charge in [-0.3, -0.25) is 0 Å². The standard InChI is InChI=1S/C8H17NO3/c1-5-9(8(10)12-4)7(2)6-11-3/h7H,5-6H2,1-4H3. The summed E-state index contributed by atoms with van der Waals surface area (Å²) in [5.74, 6) is 0. The van der Waals surface area contributed by atoms with Crippen LogP contribution in [-0.4, -0.2) is 44.4 Å². The van der Waals surface area contributed by atoms with Gasteiger partial charge in [0, 0.05) is 13.7 Å². The Morgan fingerprint density at radius 3 is 2.42 bits per heavy atom. The second-order valence-electron chi connectivity index (χ2n) is 2.56. The summed E-state index contributed by atoms with van der Waals surface area (Å²) >= 11 is 0. The van der Waals surface area contributed by atoms with Crippen molar-refractivity contribution < 1.29 is 14.3 Å².